The zero-order valence-corrected chi connectivity index (χ0v) is 15.5. The number of aromatic carboxylic acids is 1. The van der Waals surface area contributed by atoms with Gasteiger partial charge in [-0.25, -0.2) is 4.79 Å². The number of hydrogen-bond donors (Lipinski definition) is 1. The SMILES string of the molecule is Cc1c(C(=O)O)cc(-c2cc(C(F)(F)F)cc(C(F)(F)F)c2)n1C1CCCCC1. The molecule has 0 unspecified atom stereocenters. The predicted octanol–water partition coefficient (Wildman–Crippen LogP) is 6.70. The van der Waals surface area contributed by atoms with Crippen LogP contribution < -0.4 is 0 Å². The fourth-order valence-corrected chi connectivity index (χ4v) is 3.97. The monoisotopic (exact) mass is 419 g/mol. The molecule has 0 radical (unpaired) electrons. The molecule has 29 heavy (non-hydrogen) atoms. The van der Waals surface area contributed by atoms with Gasteiger partial charge >= 0.3 is 18.3 Å². The van der Waals surface area contributed by atoms with Gasteiger partial charge in [0.1, 0.15) is 0 Å². The second-order valence-electron chi connectivity index (χ2n) is 7.29. The van der Waals surface area contributed by atoms with Crippen molar-refractivity contribution in [1.29, 1.82) is 0 Å². The first-order chi connectivity index (χ1) is 13.4. The number of carboxylic acids is 1. The third-order valence-electron chi connectivity index (χ3n) is 5.35. The average molecular weight is 419 g/mol. The number of rotatable bonds is 3. The first kappa shape index (κ1) is 21.3. The molecule has 0 amide bonds. The molecule has 2 aromatic rings. The molecule has 1 N–H and O–H groups in total. The van der Waals surface area contributed by atoms with Crippen molar-refractivity contribution in [2.45, 2.75) is 57.4 Å². The second-order valence-corrected chi connectivity index (χ2v) is 7.29. The molecule has 0 bridgehead atoms. The fraction of sp³-hybridized carbons (Fsp3) is 0.450. The summed E-state index contributed by atoms with van der Waals surface area (Å²) in [7, 11) is 0. The highest BCUT2D eigenvalue weighted by molar-refractivity contribution is 5.91. The van der Waals surface area contributed by atoms with Gasteiger partial charge in [-0.15, -0.1) is 0 Å². The van der Waals surface area contributed by atoms with Crippen LogP contribution in [0.1, 0.15) is 65.3 Å². The number of carbonyl (C=O) groups is 1. The lowest BCUT2D eigenvalue weighted by atomic mass is 9.94. The van der Waals surface area contributed by atoms with Crippen LogP contribution in [0, 0.1) is 6.92 Å². The highest BCUT2D eigenvalue weighted by Gasteiger charge is 2.37. The number of benzene rings is 1. The molecular formula is C20H19F6NO2. The maximum atomic E-state index is 13.3. The molecule has 1 aromatic heterocycles. The van der Waals surface area contributed by atoms with Crippen molar-refractivity contribution in [3.8, 4) is 11.3 Å². The molecule has 1 saturated carbocycles. The number of halogens is 6. The predicted molar refractivity (Wildman–Crippen MR) is 93.7 cm³/mol. The minimum Gasteiger partial charge on any atom is -0.478 e. The van der Waals surface area contributed by atoms with Gasteiger partial charge in [-0.3, -0.25) is 0 Å². The standard InChI is InChI=1S/C20H19F6NO2/c1-11-16(18(28)29)10-17(27(11)15-5-3-2-4-6-15)12-7-13(19(21,22)23)9-14(8-12)20(24,25)26/h7-10,15H,2-6H2,1H3,(H,28,29). The van der Waals surface area contributed by atoms with E-state index in [-0.39, 0.29) is 28.9 Å². The van der Waals surface area contributed by atoms with Crippen molar-refractivity contribution < 1.29 is 36.2 Å². The van der Waals surface area contributed by atoms with Gasteiger partial charge in [0.25, 0.3) is 0 Å². The number of hydrogen-bond acceptors (Lipinski definition) is 1. The van der Waals surface area contributed by atoms with E-state index in [1.165, 1.54) is 13.0 Å². The molecule has 1 heterocycles. The molecule has 0 spiro atoms. The Labute approximate surface area is 163 Å². The van der Waals surface area contributed by atoms with E-state index < -0.39 is 29.4 Å². The number of carboxylic acid groups (broad SMARTS) is 1. The fourth-order valence-electron chi connectivity index (χ4n) is 3.97. The van der Waals surface area contributed by atoms with Gasteiger partial charge < -0.3 is 9.67 Å². The normalized spacial score (nSPS) is 16.2. The van der Waals surface area contributed by atoms with Gasteiger partial charge in [0.15, 0.2) is 0 Å². The Morgan fingerprint density at radius 1 is 0.931 bits per heavy atom. The summed E-state index contributed by atoms with van der Waals surface area (Å²) in [5.41, 5.74) is -2.89. The topological polar surface area (TPSA) is 42.2 Å². The van der Waals surface area contributed by atoms with Crippen LogP contribution in [0.25, 0.3) is 11.3 Å². The maximum Gasteiger partial charge on any atom is 0.416 e. The molecule has 0 aliphatic heterocycles. The van der Waals surface area contributed by atoms with Crippen LogP contribution in [0.3, 0.4) is 0 Å². The molecule has 9 heteroatoms. The lowest BCUT2D eigenvalue weighted by molar-refractivity contribution is -0.143. The Morgan fingerprint density at radius 3 is 1.90 bits per heavy atom. The van der Waals surface area contributed by atoms with Gasteiger partial charge in [-0.05, 0) is 49.6 Å². The second kappa shape index (κ2) is 7.42. The van der Waals surface area contributed by atoms with Crippen molar-refractivity contribution in [3.63, 3.8) is 0 Å². The van der Waals surface area contributed by atoms with E-state index in [1.54, 1.807) is 4.57 Å². The summed E-state index contributed by atoms with van der Waals surface area (Å²) in [5, 5.41) is 9.44. The molecule has 1 aromatic carbocycles. The largest absolute Gasteiger partial charge is 0.478 e. The molecule has 0 atom stereocenters. The third kappa shape index (κ3) is 4.28. The lowest BCUT2D eigenvalue weighted by Crippen LogP contribution is -2.16. The number of nitrogens with zero attached hydrogens (tertiary/aromatic N) is 1. The highest BCUT2D eigenvalue weighted by atomic mass is 19.4. The van der Waals surface area contributed by atoms with Crippen molar-refractivity contribution in [3.05, 3.63) is 46.6 Å². The Hall–Kier alpha value is -2.45. The quantitative estimate of drug-likeness (QED) is 0.562. The molecule has 0 saturated heterocycles. The molecule has 1 aliphatic carbocycles. The molecule has 1 fully saturated rings. The van der Waals surface area contributed by atoms with Gasteiger partial charge in [0.05, 0.1) is 16.7 Å². The highest BCUT2D eigenvalue weighted by Crippen LogP contribution is 2.41. The van der Waals surface area contributed by atoms with Crippen LogP contribution in [0.5, 0.6) is 0 Å². The van der Waals surface area contributed by atoms with Crippen molar-refractivity contribution in [1.82, 2.24) is 4.57 Å². The minimum atomic E-state index is -4.97. The van der Waals surface area contributed by atoms with Crippen molar-refractivity contribution in [2.24, 2.45) is 0 Å². The molecule has 3 rings (SSSR count). The summed E-state index contributed by atoms with van der Waals surface area (Å²) in [5.74, 6) is -1.28. The van der Waals surface area contributed by atoms with E-state index in [1.807, 2.05) is 0 Å². The van der Waals surface area contributed by atoms with Crippen molar-refractivity contribution >= 4 is 5.97 Å². The van der Waals surface area contributed by atoms with Crippen LogP contribution in [-0.2, 0) is 12.4 Å². The van der Waals surface area contributed by atoms with Gasteiger partial charge in [0.2, 0.25) is 0 Å². The van der Waals surface area contributed by atoms with Crippen LogP contribution in [0.2, 0.25) is 0 Å². The van der Waals surface area contributed by atoms with Crippen LogP contribution in [-0.4, -0.2) is 15.6 Å². The Morgan fingerprint density at radius 2 is 1.45 bits per heavy atom. The third-order valence-corrected chi connectivity index (χ3v) is 5.35. The molecular weight excluding hydrogens is 400 g/mol. The first-order valence-corrected chi connectivity index (χ1v) is 9.14. The summed E-state index contributed by atoms with van der Waals surface area (Å²) in [6, 6.07) is 2.37. The summed E-state index contributed by atoms with van der Waals surface area (Å²) in [6.45, 7) is 1.53. The van der Waals surface area contributed by atoms with Crippen molar-refractivity contribution in [2.75, 3.05) is 0 Å². The number of alkyl halides is 6. The maximum absolute atomic E-state index is 13.3. The van der Waals surface area contributed by atoms with Gasteiger partial charge in [-0.1, -0.05) is 19.3 Å². The summed E-state index contributed by atoms with van der Waals surface area (Å²) >= 11 is 0. The zero-order chi connectivity index (χ0) is 21.6. The average Bonchev–Trinajstić information content (AvgIpc) is 2.98. The van der Waals surface area contributed by atoms with E-state index >= 15 is 0 Å². The number of aromatic nitrogens is 1. The summed E-state index contributed by atoms with van der Waals surface area (Å²) < 4.78 is 81.1. The van der Waals surface area contributed by atoms with E-state index in [2.05, 4.69) is 0 Å². The first-order valence-electron chi connectivity index (χ1n) is 9.14. The Bertz CT molecular complexity index is 888. The Balaban J connectivity index is 2.26. The molecule has 158 valence electrons. The van der Waals surface area contributed by atoms with Gasteiger partial charge in [0, 0.05) is 17.4 Å². The minimum absolute atomic E-state index is 0.0587. The lowest BCUT2D eigenvalue weighted by Gasteiger charge is -2.27. The van der Waals surface area contributed by atoms with Gasteiger partial charge in [-0.2, -0.15) is 26.3 Å². The van der Waals surface area contributed by atoms with E-state index in [9.17, 15) is 36.2 Å². The van der Waals surface area contributed by atoms with E-state index in [0.29, 0.717) is 30.7 Å². The smallest absolute Gasteiger partial charge is 0.416 e. The van der Waals surface area contributed by atoms with E-state index in [4.69, 9.17) is 0 Å². The Kier molecular flexibility index (Phi) is 5.44. The zero-order valence-electron chi connectivity index (χ0n) is 15.5. The summed E-state index contributed by atoms with van der Waals surface area (Å²) in [4.78, 5) is 11.6. The molecule has 1 aliphatic rings. The van der Waals surface area contributed by atoms with Crippen LogP contribution in [0.4, 0.5) is 26.3 Å². The van der Waals surface area contributed by atoms with E-state index in [0.717, 1.165) is 19.3 Å². The summed E-state index contributed by atoms with van der Waals surface area (Å²) in [6.07, 6.45) is -5.86. The van der Waals surface area contributed by atoms with Crippen LogP contribution >= 0.6 is 0 Å². The van der Waals surface area contributed by atoms with Crippen LogP contribution in [0.15, 0.2) is 24.3 Å². The molecule has 3 nitrogen and oxygen atoms in total.